The number of carbonyl (C=O) groups is 2. The van der Waals surface area contributed by atoms with Gasteiger partial charge < -0.3 is 14.8 Å². The summed E-state index contributed by atoms with van der Waals surface area (Å²) in [5.41, 5.74) is 2.37. The number of hydrogen-bond donors (Lipinski definition) is 1. The quantitative estimate of drug-likeness (QED) is 0.596. The van der Waals surface area contributed by atoms with Gasteiger partial charge in [-0.3, -0.25) is 4.79 Å². The van der Waals surface area contributed by atoms with Crippen LogP contribution in [0.4, 0.5) is 0 Å². The van der Waals surface area contributed by atoms with Crippen LogP contribution in [-0.2, 0) is 16.0 Å². The minimum Gasteiger partial charge on any atom is -0.496 e. The summed E-state index contributed by atoms with van der Waals surface area (Å²) in [5.74, 6) is -0.149. The van der Waals surface area contributed by atoms with Crippen LogP contribution < -0.4 is 10.1 Å². The Kier molecular flexibility index (Phi) is 7.24. The van der Waals surface area contributed by atoms with Gasteiger partial charge >= 0.3 is 5.97 Å². The van der Waals surface area contributed by atoms with Gasteiger partial charge in [0.2, 0.25) is 0 Å². The van der Waals surface area contributed by atoms with Crippen molar-refractivity contribution in [3.63, 3.8) is 0 Å². The third-order valence-corrected chi connectivity index (χ3v) is 3.93. The van der Waals surface area contributed by atoms with Crippen molar-refractivity contribution in [2.24, 2.45) is 0 Å². The first-order valence-electron chi connectivity index (χ1n) is 8.00. The Morgan fingerprint density at radius 1 is 1.12 bits per heavy atom. The lowest BCUT2D eigenvalue weighted by atomic mass is 10.1. The van der Waals surface area contributed by atoms with E-state index in [2.05, 4.69) is 10.1 Å². The third kappa shape index (κ3) is 5.63. The van der Waals surface area contributed by atoms with Gasteiger partial charge in [-0.15, -0.1) is 0 Å². The van der Waals surface area contributed by atoms with Crippen LogP contribution in [-0.4, -0.2) is 32.6 Å². The molecule has 0 heterocycles. The van der Waals surface area contributed by atoms with Crippen LogP contribution in [0.1, 0.15) is 21.5 Å². The molecule has 2 aromatic rings. The zero-order chi connectivity index (χ0) is 18.9. The Balaban J connectivity index is 1.89. The van der Waals surface area contributed by atoms with Crippen molar-refractivity contribution in [3.05, 3.63) is 70.3 Å². The van der Waals surface area contributed by atoms with Gasteiger partial charge in [-0.05, 0) is 41.8 Å². The van der Waals surface area contributed by atoms with Crippen molar-refractivity contribution in [1.82, 2.24) is 5.32 Å². The molecule has 0 spiro atoms. The largest absolute Gasteiger partial charge is 0.496 e. The monoisotopic (exact) mass is 373 g/mol. The number of benzene rings is 2. The highest BCUT2D eigenvalue weighted by Gasteiger charge is 2.12. The number of hydrogen-bond acceptors (Lipinski definition) is 4. The van der Waals surface area contributed by atoms with Gasteiger partial charge in [0.25, 0.3) is 5.91 Å². The minimum atomic E-state index is -0.395. The van der Waals surface area contributed by atoms with E-state index in [-0.39, 0.29) is 5.91 Å². The number of carbonyl (C=O) groups excluding carboxylic acids is 2. The third-order valence-electron chi connectivity index (χ3n) is 3.70. The highest BCUT2D eigenvalue weighted by molar-refractivity contribution is 6.31. The first kappa shape index (κ1) is 19.5. The molecule has 1 N–H and O–H groups in total. The average molecular weight is 374 g/mol. The van der Waals surface area contributed by atoms with Gasteiger partial charge in [0, 0.05) is 17.6 Å². The lowest BCUT2D eigenvalue weighted by Gasteiger charge is -2.10. The SMILES string of the molecule is COC(=O)/C=C/c1ccc(CCNC(=O)c2cc(Cl)ccc2OC)cc1. The molecule has 0 saturated carbocycles. The van der Waals surface area contributed by atoms with Crippen LogP contribution in [0.25, 0.3) is 6.08 Å². The fourth-order valence-corrected chi connectivity index (χ4v) is 2.47. The van der Waals surface area contributed by atoms with E-state index in [1.54, 1.807) is 24.3 Å². The number of nitrogens with one attached hydrogen (secondary N) is 1. The van der Waals surface area contributed by atoms with Crippen LogP contribution >= 0.6 is 11.6 Å². The Bertz CT molecular complexity index is 800. The van der Waals surface area contributed by atoms with Crippen LogP contribution in [0.2, 0.25) is 5.02 Å². The summed E-state index contributed by atoms with van der Waals surface area (Å²) in [6.45, 7) is 0.478. The molecule has 0 aliphatic heterocycles. The van der Waals surface area contributed by atoms with Crippen molar-refractivity contribution in [1.29, 1.82) is 0 Å². The summed E-state index contributed by atoms with van der Waals surface area (Å²) < 4.78 is 9.74. The predicted octanol–water partition coefficient (Wildman–Crippen LogP) is 3.51. The van der Waals surface area contributed by atoms with E-state index in [1.807, 2.05) is 24.3 Å². The second-order valence-corrected chi connectivity index (χ2v) is 5.89. The van der Waals surface area contributed by atoms with Crippen molar-refractivity contribution in [2.75, 3.05) is 20.8 Å². The van der Waals surface area contributed by atoms with Crippen molar-refractivity contribution in [2.45, 2.75) is 6.42 Å². The molecular formula is C20H20ClNO4. The molecule has 2 rings (SSSR count). The maximum Gasteiger partial charge on any atom is 0.330 e. The summed E-state index contributed by atoms with van der Waals surface area (Å²) >= 11 is 5.95. The standard InChI is InChI=1S/C20H20ClNO4/c1-25-18-9-8-16(21)13-17(18)20(24)22-12-11-15-5-3-14(4-6-15)7-10-19(23)26-2/h3-10,13H,11-12H2,1-2H3,(H,22,24)/b10-7+. The highest BCUT2D eigenvalue weighted by atomic mass is 35.5. The van der Waals surface area contributed by atoms with Crippen molar-refractivity contribution in [3.8, 4) is 5.75 Å². The number of rotatable bonds is 7. The molecule has 2 aromatic carbocycles. The Labute approximate surface area is 157 Å². The van der Waals surface area contributed by atoms with Gasteiger partial charge in [-0.1, -0.05) is 35.9 Å². The van der Waals surface area contributed by atoms with Crippen molar-refractivity contribution >= 4 is 29.6 Å². The van der Waals surface area contributed by atoms with Crippen LogP contribution in [0.3, 0.4) is 0 Å². The molecule has 6 heteroatoms. The molecule has 0 fully saturated rings. The molecule has 0 atom stereocenters. The van der Waals surface area contributed by atoms with Gasteiger partial charge in [0.15, 0.2) is 0 Å². The first-order chi connectivity index (χ1) is 12.5. The lowest BCUT2D eigenvalue weighted by Crippen LogP contribution is -2.26. The summed E-state index contributed by atoms with van der Waals surface area (Å²) in [6, 6.07) is 12.6. The summed E-state index contributed by atoms with van der Waals surface area (Å²) in [5, 5.41) is 3.34. The van der Waals surface area contributed by atoms with E-state index in [1.165, 1.54) is 20.3 Å². The normalized spacial score (nSPS) is 10.6. The van der Waals surface area contributed by atoms with Crippen LogP contribution in [0.15, 0.2) is 48.5 Å². The molecule has 0 aliphatic rings. The second kappa shape index (κ2) is 9.63. The second-order valence-electron chi connectivity index (χ2n) is 5.45. The van der Waals surface area contributed by atoms with Crippen LogP contribution in [0, 0.1) is 0 Å². The zero-order valence-corrected chi connectivity index (χ0v) is 15.4. The molecule has 136 valence electrons. The van der Waals surface area contributed by atoms with E-state index in [0.29, 0.717) is 29.3 Å². The topological polar surface area (TPSA) is 64.6 Å². The molecule has 0 bridgehead atoms. The fourth-order valence-electron chi connectivity index (χ4n) is 2.30. The zero-order valence-electron chi connectivity index (χ0n) is 14.6. The van der Waals surface area contributed by atoms with Crippen molar-refractivity contribution < 1.29 is 19.1 Å². The number of halogens is 1. The van der Waals surface area contributed by atoms with E-state index < -0.39 is 5.97 Å². The maximum absolute atomic E-state index is 12.3. The molecule has 1 amide bonds. The van der Waals surface area contributed by atoms with E-state index in [4.69, 9.17) is 16.3 Å². The molecule has 26 heavy (non-hydrogen) atoms. The summed E-state index contributed by atoms with van der Waals surface area (Å²) in [7, 11) is 2.85. The van der Waals surface area contributed by atoms with Gasteiger partial charge in [-0.25, -0.2) is 4.79 Å². The number of esters is 1. The molecule has 0 unspecified atom stereocenters. The predicted molar refractivity (Wildman–Crippen MR) is 102 cm³/mol. The van der Waals surface area contributed by atoms with Gasteiger partial charge in [-0.2, -0.15) is 0 Å². The number of amides is 1. The molecular weight excluding hydrogens is 354 g/mol. The van der Waals surface area contributed by atoms with Gasteiger partial charge in [0.05, 0.1) is 19.8 Å². The lowest BCUT2D eigenvalue weighted by molar-refractivity contribution is -0.134. The number of methoxy groups -OCH3 is 2. The smallest absolute Gasteiger partial charge is 0.330 e. The maximum atomic E-state index is 12.3. The van der Waals surface area contributed by atoms with E-state index in [0.717, 1.165) is 11.1 Å². The Morgan fingerprint density at radius 2 is 1.85 bits per heavy atom. The number of ether oxygens (including phenoxy) is 2. The van der Waals surface area contributed by atoms with E-state index >= 15 is 0 Å². The average Bonchev–Trinajstić information content (AvgIpc) is 2.66. The first-order valence-corrected chi connectivity index (χ1v) is 8.38. The molecule has 0 aromatic heterocycles. The summed E-state index contributed by atoms with van der Waals surface area (Å²) in [4.78, 5) is 23.4. The molecule has 0 radical (unpaired) electrons. The van der Waals surface area contributed by atoms with Crippen LogP contribution in [0.5, 0.6) is 5.75 Å². The molecule has 0 aliphatic carbocycles. The Morgan fingerprint density at radius 3 is 2.50 bits per heavy atom. The summed E-state index contributed by atoms with van der Waals surface area (Å²) in [6.07, 6.45) is 3.73. The fraction of sp³-hybridized carbons (Fsp3) is 0.200. The van der Waals surface area contributed by atoms with E-state index in [9.17, 15) is 9.59 Å². The highest BCUT2D eigenvalue weighted by Crippen LogP contribution is 2.22. The molecule has 0 saturated heterocycles. The Hall–Kier alpha value is -2.79. The van der Waals surface area contributed by atoms with Gasteiger partial charge in [0.1, 0.15) is 5.75 Å². The molecule has 5 nitrogen and oxygen atoms in total. The minimum absolute atomic E-state index is 0.234.